The van der Waals surface area contributed by atoms with Crippen molar-refractivity contribution in [2.45, 2.75) is 24.2 Å². The second-order valence-corrected chi connectivity index (χ2v) is 8.21. The van der Waals surface area contributed by atoms with Crippen LogP contribution in [0.1, 0.15) is 23.7 Å². The van der Waals surface area contributed by atoms with Gasteiger partial charge in [0.05, 0.1) is 24.2 Å². The number of hydrogen-bond donors (Lipinski definition) is 0. The third-order valence-corrected chi connectivity index (χ3v) is 6.45. The van der Waals surface area contributed by atoms with Crippen molar-refractivity contribution in [3.8, 4) is 0 Å². The highest BCUT2D eigenvalue weighted by Gasteiger charge is 2.33. The highest BCUT2D eigenvalue weighted by molar-refractivity contribution is 7.91. The Hall–Kier alpha value is -1.60. The molecule has 23 heavy (non-hydrogen) atoms. The normalized spacial score (nSPS) is 27.4. The van der Waals surface area contributed by atoms with Crippen LogP contribution in [0.4, 0.5) is 4.79 Å². The Kier molecular flexibility index (Phi) is 4.87. The van der Waals surface area contributed by atoms with Crippen LogP contribution in [0.3, 0.4) is 0 Å². The van der Waals surface area contributed by atoms with Crippen molar-refractivity contribution >= 4 is 15.9 Å². The number of carbonyl (C=O) groups is 1. The minimum absolute atomic E-state index is 0.0389. The van der Waals surface area contributed by atoms with E-state index in [1.807, 2.05) is 30.3 Å². The standard InChI is InChI=1S/C16H21NO5S/c18-16(22-14-7-10-21-12-14)17-8-6-15(23(19,20)11-9-17)13-4-2-1-3-5-13/h1-5,14-15H,6-12H2. The van der Waals surface area contributed by atoms with E-state index in [4.69, 9.17) is 9.47 Å². The molecule has 0 bridgehead atoms. The summed E-state index contributed by atoms with van der Waals surface area (Å²) >= 11 is 0. The molecule has 2 aliphatic heterocycles. The average molecular weight is 339 g/mol. The molecule has 7 heteroatoms. The lowest BCUT2D eigenvalue weighted by atomic mass is 10.1. The number of nitrogens with zero attached hydrogens (tertiary/aromatic N) is 1. The Morgan fingerprint density at radius 2 is 1.96 bits per heavy atom. The molecule has 2 fully saturated rings. The molecule has 0 aromatic heterocycles. The Bertz CT molecular complexity index is 640. The van der Waals surface area contributed by atoms with Crippen molar-refractivity contribution in [2.75, 3.05) is 32.1 Å². The lowest BCUT2D eigenvalue weighted by molar-refractivity contribution is 0.0560. The summed E-state index contributed by atoms with van der Waals surface area (Å²) in [5.41, 5.74) is 0.784. The van der Waals surface area contributed by atoms with E-state index in [1.54, 1.807) is 0 Å². The molecule has 3 rings (SSSR count). The molecule has 1 aromatic carbocycles. The molecule has 126 valence electrons. The quantitative estimate of drug-likeness (QED) is 0.821. The average Bonchev–Trinajstić information content (AvgIpc) is 2.98. The number of ether oxygens (including phenoxy) is 2. The maximum atomic E-state index is 12.5. The van der Waals surface area contributed by atoms with Gasteiger partial charge in [-0.15, -0.1) is 0 Å². The first kappa shape index (κ1) is 16.3. The van der Waals surface area contributed by atoms with E-state index < -0.39 is 21.2 Å². The summed E-state index contributed by atoms with van der Waals surface area (Å²) in [5.74, 6) is -0.0389. The predicted octanol–water partition coefficient (Wildman–Crippen LogP) is 1.77. The molecule has 1 amide bonds. The molecule has 2 unspecified atom stereocenters. The van der Waals surface area contributed by atoms with Crippen molar-refractivity contribution in [3.05, 3.63) is 35.9 Å². The summed E-state index contributed by atoms with van der Waals surface area (Å²) in [6, 6.07) is 9.18. The van der Waals surface area contributed by atoms with Crippen LogP contribution in [0.15, 0.2) is 30.3 Å². The minimum Gasteiger partial charge on any atom is -0.444 e. The predicted molar refractivity (Wildman–Crippen MR) is 84.9 cm³/mol. The maximum Gasteiger partial charge on any atom is 0.410 e. The van der Waals surface area contributed by atoms with Crippen molar-refractivity contribution < 1.29 is 22.7 Å². The van der Waals surface area contributed by atoms with Crippen molar-refractivity contribution in [3.63, 3.8) is 0 Å². The van der Waals surface area contributed by atoms with Crippen LogP contribution in [-0.4, -0.2) is 57.6 Å². The van der Waals surface area contributed by atoms with Crippen LogP contribution in [-0.2, 0) is 19.3 Å². The van der Waals surface area contributed by atoms with Crippen molar-refractivity contribution in [2.24, 2.45) is 0 Å². The summed E-state index contributed by atoms with van der Waals surface area (Å²) in [5, 5.41) is -0.559. The van der Waals surface area contributed by atoms with Crippen LogP contribution in [0.25, 0.3) is 0 Å². The molecule has 2 aliphatic rings. The van der Waals surface area contributed by atoms with Gasteiger partial charge in [0.2, 0.25) is 0 Å². The second-order valence-electron chi connectivity index (χ2n) is 5.91. The molecule has 2 heterocycles. The van der Waals surface area contributed by atoms with Gasteiger partial charge in [0.25, 0.3) is 0 Å². The summed E-state index contributed by atoms with van der Waals surface area (Å²) in [4.78, 5) is 13.7. The number of sulfone groups is 1. The molecule has 6 nitrogen and oxygen atoms in total. The monoisotopic (exact) mass is 339 g/mol. The molecule has 2 atom stereocenters. The van der Waals surface area contributed by atoms with Crippen LogP contribution >= 0.6 is 0 Å². The SMILES string of the molecule is O=C(OC1CCOC1)N1CCC(c2ccccc2)S(=O)(=O)CC1. The number of hydrogen-bond acceptors (Lipinski definition) is 5. The molecule has 1 aromatic rings. The van der Waals surface area contributed by atoms with Crippen LogP contribution in [0, 0.1) is 0 Å². The molecule has 0 saturated carbocycles. The fourth-order valence-corrected chi connectivity index (χ4v) is 4.79. The lowest BCUT2D eigenvalue weighted by Crippen LogP contribution is -2.36. The molecular weight excluding hydrogens is 318 g/mol. The number of carbonyl (C=O) groups excluding carboxylic acids is 1. The van der Waals surface area contributed by atoms with Gasteiger partial charge in [-0.05, 0) is 12.0 Å². The van der Waals surface area contributed by atoms with Crippen LogP contribution < -0.4 is 0 Å². The van der Waals surface area contributed by atoms with Gasteiger partial charge in [-0.3, -0.25) is 0 Å². The van der Waals surface area contributed by atoms with Gasteiger partial charge in [-0.25, -0.2) is 13.2 Å². The van der Waals surface area contributed by atoms with Gasteiger partial charge < -0.3 is 14.4 Å². The van der Waals surface area contributed by atoms with Gasteiger partial charge in [0, 0.05) is 19.5 Å². The third-order valence-electron chi connectivity index (χ3n) is 4.33. The lowest BCUT2D eigenvalue weighted by Gasteiger charge is -2.21. The summed E-state index contributed by atoms with van der Waals surface area (Å²) in [7, 11) is -3.28. The molecule has 0 radical (unpaired) electrons. The van der Waals surface area contributed by atoms with Crippen LogP contribution in [0.2, 0.25) is 0 Å². The van der Waals surface area contributed by atoms with Gasteiger partial charge in [0.1, 0.15) is 6.10 Å². The Balaban J connectivity index is 1.68. The fraction of sp³-hybridized carbons (Fsp3) is 0.562. The third kappa shape index (κ3) is 3.84. The van der Waals surface area contributed by atoms with Gasteiger partial charge >= 0.3 is 6.09 Å². The highest BCUT2D eigenvalue weighted by atomic mass is 32.2. The van der Waals surface area contributed by atoms with E-state index in [0.717, 1.165) is 5.56 Å². The molecule has 0 N–H and O–H groups in total. The first-order chi connectivity index (χ1) is 11.1. The van der Waals surface area contributed by atoms with Gasteiger partial charge in [-0.2, -0.15) is 0 Å². The first-order valence-electron chi connectivity index (χ1n) is 7.86. The van der Waals surface area contributed by atoms with Gasteiger partial charge in [0.15, 0.2) is 9.84 Å². The molecule has 2 saturated heterocycles. The molecule has 0 aliphatic carbocycles. The minimum atomic E-state index is -3.28. The van der Waals surface area contributed by atoms with E-state index in [-0.39, 0.29) is 18.4 Å². The van der Waals surface area contributed by atoms with Crippen LogP contribution in [0.5, 0.6) is 0 Å². The van der Waals surface area contributed by atoms with E-state index >= 15 is 0 Å². The highest BCUT2D eigenvalue weighted by Crippen LogP contribution is 2.29. The molecule has 0 spiro atoms. The largest absolute Gasteiger partial charge is 0.444 e. The van der Waals surface area contributed by atoms with E-state index in [2.05, 4.69) is 0 Å². The zero-order valence-electron chi connectivity index (χ0n) is 12.9. The Morgan fingerprint density at radius 3 is 2.65 bits per heavy atom. The van der Waals surface area contributed by atoms with E-state index in [9.17, 15) is 13.2 Å². The fourth-order valence-electron chi connectivity index (χ4n) is 2.99. The zero-order chi connectivity index (χ0) is 16.3. The number of benzene rings is 1. The summed E-state index contributed by atoms with van der Waals surface area (Å²) < 4.78 is 35.6. The second kappa shape index (κ2) is 6.88. The van der Waals surface area contributed by atoms with E-state index in [1.165, 1.54) is 4.90 Å². The number of rotatable bonds is 2. The maximum absolute atomic E-state index is 12.5. The van der Waals surface area contributed by atoms with Crippen molar-refractivity contribution in [1.29, 1.82) is 0 Å². The first-order valence-corrected chi connectivity index (χ1v) is 9.57. The summed E-state index contributed by atoms with van der Waals surface area (Å²) in [6.45, 7) is 1.58. The topological polar surface area (TPSA) is 72.9 Å². The Morgan fingerprint density at radius 1 is 1.17 bits per heavy atom. The zero-order valence-corrected chi connectivity index (χ0v) is 13.7. The smallest absolute Gasteiger partial charge is 0.410 e. The van der Waals surface area contributed by atoms with E-state index in [0.29, 0.717) is 32.6 Å². The molecular formula is C16H21NO5S. The number of amides is 1. The summed E-state index contributed by atoms with van der Waals surface area (Å²) in [6.07, 6.45) is 0.435. The Labute approximate surface area is 136 Å². The van der Waals surface area contributed by atoms with Crippen molar-refractivity contribution in [1.82, 2.24) is 4.90 Å². The van der Waals surface area contributed by atoms with Gasteiger partial charge in [-0.1, -0.05) is 30.3 Å².